The third-order valence-corrected chi connectivity index (χ3v) is 8.14. The van der Waals surface area contributed by atoms with Gasteiger partial charge in [0.2, 0.25) is 5.54 Å². The lowest BCUT2D eigenvalue weighted by atomic mass is 9.75. The van der Waals surface area contributed by atoms with Crippen LogP contribution < -0.4 is 15.4 Å². The number of methoxy groups -OCH3 is 2. The van der Waals surface area contributed by atoms with Crippen LogP contribution in [0.4, 0.5) is 4.79 Å². The largest absolute Gasteiger partial charge is 0.497 e. The van der Waals surface area contributed by atoms with Gasteiger partial charge in [-0.05, 0) is 50.0 Å². The van der Waals surface area contributed by atoms with Gasteiger partial charge < -0.3 is 24.6 Å². The summed E-state index contributed by atoms with van der Waals surface area (Å²) >= 11 is 0. The monoisotopic (exact) mass is 532 g/mol. The third-order valence-electron chi connectivity index (χ3n) is 8.14. The Labute approximate surface area is 227 Å². The van der Waals surface area contributed by atoms with Gasteiger partial charge in [-0.2, -0.15) is 0 Å². The van der Waals surface area contributed by atoms with E-state index in [1.54, 1.807) is 12.1 Å². The molecule has 0 saturated carbocycles. The summed E-state index contributed by atoms with van der Waals surface area (Å²) in [6.07, 6.45) is 5.75. The van der Waals surface area contributed by atoms with Crippen LogP contribution in [0.15, 0.2) is 41.5 Å². The van der Waals surface area contributed by atoms with Crippen LogP contribution in [0.3, 0.4) is 0 Å². The van der Waals surface area contributed by atoms with Gasteiger partial charge in [-0.1, -0.05) is 42.6 Å². The zero-order valence-corrected chi connectivity index (χ0v) is 22.4. The molecule has 3 aliphatic heterocycles. The fourth-order valence-corrected chi connectivity index (χ4v) is 5.85. The molecule has 2 N–H and O–H groups in total. The predicted molar refractivity (Wildman–Crippen MR) is 141 cm³/mol. The maximum atomic E-state index is 13.1. The molecule has 0 aromatic heterocycles. The Hall–Kier alpha value is -4.10. The minimum atomic E-state index is -1.58. The van der Waals surface area contributed by atoms with Crippen LogP contribution >= 0.6 is 0 Å². The summed E-state index contributed by atoms with van der Waals surface area (Å²) in [5.74, 6) is 5.55. The normalized spacial score (nSPS) is 26.2. The minimum Gasteiger partial charge on any atom is -0.497 e. The van der Waals surface area contributed by atoms with Crippen LogP contribution in [-0.4, -0.2) is 79.6 Å². The van der Waals surface area contributed by atoms with Crippen molar-refractivity contribution in [1.82, 2.24) is 20.4 Å². The number of rotatable bonds is 6. The van der Waals surface area contributed by atoms with E-state index in [1.165, 1.54) is 19.1 Å². The molecule has 2 fully saturated rings. The number of fused-ring (bicyclic) bond motifs is 1. The number of hydrogen-bond acceptors (Lipinski definition) is 7. The molecule has 0 bridgehead atoms. The van der Waals surface area contributed by atoms with E-state index >= 15 is 0 Å². The molecule has 4 amide bonds. The van der Waals surface area contributed by atoms with Crippen LogP contribution in [0.1, 0.15) is 42.1 Å². The highest BCUT2D eigenvalue weighted by Gasteiger charge is 2.49. The van der Waals surface area contributed by atoms with E-state index in [-0.39, 0.29) is 18.4 Å². The highest BCUT2D eigenvalue weighted by molar-refractivity contribution is 6.10. The Balaban J connectivity index is 1.39. The molecule has 1 aromatic rings. The number of esters is 1. The second-order valence-corrected chi connectivity index (χ2v) is 10.3. The van der Waals surface area contributed by atoms with Gasteiger partial charge in [-0.25, -0.2) is 4.79 Å². The van der Waals surface area contributed by atoms with E-state index in [2.05, 4.69) is 34.3 Å². The lowest BCUT2D eigenvalue weighted by molar-refractivity contribution is -0.149. The van der Waals surface area contributed by atoms with E-state index in [0.717, 1.165) is 29.8 Å². The van der Waals surface area contributed by atoms with E-state index < -0.39 is 22.9 Å². The van der Waals surface area contributed by atoms with Crippen molar-refractivity contribution < 1.29 is 28.7 Å². The molecule has 1 aliphatic carbocycles. The molecule has 0 spiro atoms. The molecular weight excluding hydrogens is 500 g/mol. The van der Waals surface area contributed by atoms with Crippen molar-refractivity contribution in [2.75, 3.05) is 40.4 Å². The molecule has 5 rings (SSSR count). The molecule has 2 saturated heterocycles. The topological polar surface area (TPSA) is 117 Å². The Morgan fingerprint density at radius 1 is 1.15 bits per heavy atom. The lowest BCUT2D eigenvalue weighted by Gasteiger charge is -2.31. The van der Waals surface area contributed by atoms with Gasteiger partial charge in [0.25, 0.3) is 11.8 Å². The Kier molecular flexibility index (Phi) is 6.95. The number of allylic oxidation sites excluding steroid dienone is 3. The summed E-state index contributed by atoms with van der Waals surface area (Å²) in [7, 11) is 2.96. The third kappa shape index (κ3) is 4.68. The van der Waals surface area contributed by atoms with Crippen molar-refractivity contribution in [2.24, 2.45) is 5.41 Å². The van der Waals surface area contributed by atoms with Crippen molar-refractivity contribution in [3.63, 3.8) is 0 Å². The summed E-state index contributed by atoms with van der Waals surface area (Å²) < 4.78 is 10.4. The molecule has 3 heterocycles. The molecule has 39 heavy (non-hydrogen) atoms. The maximum Gasteiger partial charge on any atom is 0.323 e. The van der Waals surface area contributed by atoms with Crippen molar-refractivity contribution in [2.45, 2.75) is 38.3 Å². The predicted octanol–water partition coefficient (Wildman–Crippen LogP) is 1.76. The fraction of sp³-hybridized carbons (Fsp3) is 0.448. The first-order valence-corrected chi connectivity index (χ1v) is 13.1. The number of hydrogen-bond donors (Lipinski definition) is 2. The maximum absolute atomic E-state index is 13.1. The molecule has 204 valence electrons. The summed E-state index contributed by atoms with van der Waals surface area (Å²) in [6.45, 7) is 4.61. The number of urea groups is 1. The fourth-order valence-electron chi connectivity index (χ4n) is 5.85. The number of carbonyl (C=O) groups is 4. The van der Waals surface area contributed by atoms with Gasteiger partial charge in [0.15, 0.2) is 0 Å². The number of carbonyl (C=O) groups excluding carboxylic acids is 4. The summed E-state index contributed by atoms with van der Waals surface area (Å²) in [5.41, 5.74) is 0.877. The molecule has 10 heteroatoms. The van der Waals surface area contributed by atoms with E-state index in [4.69, 9.17) is 9.47 Å². The number of nitrogens with zero attached hydrogens (tertiary/aromatic N) is 2. The first-order valence-electron chi connectivity index (χ1n) is 13.1. The average Bonchev–Trinajstić information content (AvgIpc) is 3.61. The number of benzene rings is 1. The van der Waals surface area contributed by atoms with Crippen LogP contribution in [0, 0.1) is 17.3 Å². The SMILES string of the molecule is CCN1CCC(C(=O)OC)(C2=CC=C(C#CC3(CN4Cc5ccc(OC)cc5C4=O)NC(=O)NC3=O)CC2)C1. The highest BCUT2D eigenvalue weighted by Crippen LogP contribution is 2.43. The lowest BCUT2D eigenvalue weighted by Crippen LogP contribution is -2.54. The van der Waals surface area contributed by atoms with Crippen molar-refractivity contribution in [3.05, 3.63) is 52.6 Å². The molecule has 10 nitrogen and oxygen atoms in total. The van der Waals surface area contributed by atoms with Gasteiger partial charge in [-0.15, -0.1) is 0 Å². The van der Waals surface area contributed by atoms with Crippen molar-refractivity contribution >= 4 is 23.8 Å². The number of amides is 4. The van der Waals surface area contributed by atoms with Crippen LogP contribution in [0.5, 0.6) is 5.75 Å². The summed E-state index contributed by atoms with van der Waals surface area (Å²) in [6, 6.07) is 4.62. The second-order valence-electron chi connectivity index (χ2n) is 10.3. The second kappa shape index (κ2) is 10.2. The van der Waals surface area contributed by atoms with E-state index in [0.29, 0.717) is 43.7 Å². The molecule has 4 aliphatic rings. The van der Waals surface area contributed by atoms with Crippen LogP contribution in [0.2, 0.25) is 0 Å². The summed E-state index contributed by atoms with van der Waals surface area (Å²) in [4.78, 5) is 54.8. The van der Waals surface area contributed by atoms with Gasteiger partial charge in [-0.3, -0.25) is 19.7 Å². The van der Waals surface area contributed by atoms with E-state index in [9.17, 15) is 19.2 Å². The number of ether oxygens (including phenoxy) is 2. The quantitative estimate of drug-likeness (QED) is 0.326. The van der Waals surface area contributed by atoms with Gasteiger partial charge >= 0.3 is 12.0 Å². The van der Waals surface area contributed by atoms with Crippen LogP contribution in [0.25, 0.3) is 0 Å². The first-order chi connectivity index (χ1) is 18.7. The summed E-state index contributed by atoms with van der Waals surface area (Å²) in [5, 5.41) is 4.91. The van der Waals surface area contributed by atoms with Gasteiger partial charge in [0, 0.05) is 24.2 Å². The number of likely N-dealkylation sites (tertiary alicyclic amines) is 1. The average molecular weight is 533 g/mol. The highest BCUT2D eigenvalue weighted by atomic mass is 16.5. The minimum absolute atomic E-state index is 0.0971. The van der Waals surface area contributed by atoms with Gasteiger partial charge in [0.1, 0.15) is 11.2 Å². The van der Waals surface area contributed by atoms with E-state index in [1.807, 2.05) is 18.2 Å². The molecular formula is C29H32N4O6. The standard InChI is InChI=1S/C29H32N4O6/c1-4-32-14-13-28(17-32,26(36)39-3)21-8-5-19(6-9-21)11-12-29(25(35)30-27(37)31-29)18-33-16-20-7-10-22(38-2)15-23(20)24(33)34/h5,7-8,10,15H,4,6,9,13-14,16-18H2,1-3H3,(H2,30,31,35,37). The number of nitrogens with one attached hydrogen (secondary N) is 2. The molecule has 1 aromatic carbocycles. The number of imide groups is 1. The van der Waals surface area contributed by atoms with Crippen molar-refractivity contribution in [3.8, 4) is 17.6 Å². The Bertz CT molecular complexity index is 1370. The Morgan fingerprint density at radius 2 is 1.97 bits per heavy atom. The van der Waals surface area contributed by atoms with Gasteiger partial charge in [0.05, 0.1) is 20.8 Å². The van der Waals surface area contributed by atoms with Crippen LogP contribution in [-0.2, 0) is 20.9 Å². The molecule has 2 unspecified atom stereocenters. The smallest absolute Gasteiger partial charge is 0.323 e. The van der Waals surface area contributed by atoms with Crippen molar-refractivity contribution in [1.29, 1.82) is 0 Å². The molecule has 2 atom stereocenters. The Morgan fingerprint density at radius 3 is 2.59 bits per heavy atom. The zero-order valence-electron chi connectivity index (χ0n) is 22.4. The first kappa shape index (κ1) is 26.5. The molecule has 0 radical (unpaired) electrons. The zero-order chi connectivity index (χ0) is 27.8.